The first-order chi connectivity index (χ1) is 13.1. The van der Waals surface area contributed by atoms with Crippen molar-refractivity contribution in [2.75, 3.05) is 11.9 Å². The summed E-state index contributed by atoms with van der Waals surface area (Å²) < 4.78 is 13.3. The summed E-state index contributed by atoms with van der Waals surface area (Å²) in [4.78, 5) is 38.4. The van der Waals surface area contributed by atoms with Crippen LogP contribution in [-0.2, 0) is 15.1 Å². The van der Waals surface area contributed by atoms with Gasteiger partial charge in [0.05, 0.1) is 0 Å². The molecule has 0 saturated carbocycles. The average molecular weight is 404 g/mol. The van der Waals surface area contributed by atoms with Gasteiger partial charge >= 0.3 is 6.03 Å². The highest BCUT2D eigenvalue weighted by molar-refractivity contribution is 6.32. The standard InChI is InChI=1S/C20H19ClFN3O3/c1-11-4-6-14(8-12(11)2)23-17(26)10-25-18(27)20(3,24-19(25)28)15-7-5-13(22)9-16(15)21/h4-9H,10H2,1-3H3,(H,23,26)(H,24,28). The molecular formula is C20H19ClFN3O3. The number of urea groups is 1. The molecule has 1 aliphatic rings. The molecule has 0 spiro atoms. The molecule has 28 heavy (non-hydrogen) atoms. The quantitative estimate of drug-likeness (QED) is 0.767. The minimum absolute atomic E-state index is 0.0117. The Hall–Kier alpha value is -2.93. The Kier molecular flexibility index (Phi) is 5.12. The zero-order valence-corrected chi connectivity index (χ0v) is 16.4. The van der Waals surface area contributed by atoms with E-state index in [1.165, 1.54) is 13.0 Å². The van der Waals surface area contributed by atoms with Gasteiger partial charge in [-0.25, -0.2) is 9.18 Å². The number of anilines is 1. The van der Waals surface area contributed by atoms with Gasteiger partial charge in [0, 0.05) is 16.3 Å². The van der Waals surface area contributed by atoms with E-state index in [2.05, 4.69) is 10.6 Å². The number of hydrogen-bond acceptors (Lipinski definition) is 3. The predicted octanol–water partition coefficient (Wildman–Crippen LogP) is 3.50. The van der Waals surface area contributed by atoms with Crippen LogP contribution in [0.4, 0.5) is 14.9 Å². The van der Waals surface area contributed by atoms with Crippen LogP contribution in [0, 0.1) is 19.7 Å². The van der Waals surface area contributed by atoms with Crippen LogP contribution in [0.15, 0.2) is 36.4 Å². The number of nitrogens with one attached hydrogen (secondary N) is 2. The Labute approximate surface area is 166 Å². The third kappa shape index (κ3) is 3.57. The van der Waals surface area contributed by atoms with Crippen LogP contribution < -0.4 is 10.6 Å². The van der Waals surface area contributed by atoms with Gasteiger partial charge in [0.15, 0.2) is 0 Å². The van der Waals surface area contributed by atoms with Crippen molar-refractivity contribution in [2.45, 2.75) is 26.3 Å². The van der Waals surface area contributed by atoms with Crippen molar-refractivity contribution < 1.29 is 18.8 Å². The molecule has 3 rings (SSSR count). The summed E-state index contributed by atoms with van der Waals surface area (Å²) in [7, 11) is 0. The highest BCUT2D eigenvalue weighted by atomic mass is 35.5. The first-order valence-electron chi connectivity index (χ1n) is 8.58. The summed E-state index contributed by atoms with van der Waals surface area (Å²) in [5.41, 5.74) is 1.43. The number of nitrogens with zero attached hydrogens (tertiary/aromatic N) is 1. The van der Waals surface area contributed by atoms with Gasteiger partial charge in [-0.3, -0.25) is 14.5 Å². The molecule has 1 aliphatic heterocycles. The summed E-state index contributed by atoms with van der Waals surface area (Å²) in [6, 6.07) is 8.26. The first kappa shape index (κ1) is 19.8. The molecule has 1 fully saturated rings. The van der Waals surface area contributed by atoms with Gasteiger partial charge in [0.1, 0.15) is 17.9 Å². The van der Waals surface area contributed by atoms with Crippen LogP contribution in [0.5, 0.6) is 0 Å². The van der Waals surface area contributed by atoms with Crippen molar-refractivity contribution in [3.63, 3.8) is 0 Å². The van der Waals surface area contributed by atoms with Gasteiger partial charge in [0.2, 0.25) is 5.91 Å². The lowest BCUT2D eigenvalue weighted by Gasteiger charge is -2.23. The highest BCUT2D eigenvalue weighted by Crippen LogP contribution is 2.33. The molecule has 8 heteroatoms. The van der Waals surface area contributed by atoms with Crippen molar-refractivity contribution in [3.05, 3.63) is 63.9 Å². The molecule has 0 bridgehead atoms. The summed E-state index contributed by atoms with van der Waals surface area (Å²) in [6.45, 7) is 4.88. The molecule has 2 aromatic rings. The van der Waals surface area contributed by atoms with E-state index in [0.717, 1.165) is 28.2 Å². The maximum atomic E-state index is 13.3. The van der Waals surface area contributed by atoms with Crippen molar-refractivity contribution in [2.24, 2.45) is 0 Å². The number of halogens is 2. The second-order valence-corrected chi connectivity index (χ2v) is 7.33. The fourth-order valence-corrected chi connectivity index (χ4v) is 3.44. The van der Waals surface area contributed by atoms with E-state index in [-0.39, 0.29) is 10.6 Å². The molecule has 146 valence electrons. The summed E-state index contributed by atoms with van der Waals surface area (Å²) in [5, 5.41) is 5.23. The van der Waals surface area contributed by atoms with Gasteiger partial charge in [-0.15, -0.1) is 0 Å². The maximum Gasteiger partial charge on any atom is 0.325 e. The SMILES string of the molecule is Cc1ccc(NC(=O)CN2C(=O)NC(C)(c3ccc(F)cc3Cl)C2=O)cc1C. The number of imide groups is 1. The lowest BCUT2D eigenvalue weighted by atomic mass is 9.92. The number of amides is 4. The van der Waals surface area contributed by atoms with Crippen molar-refractivity contribution in [1.82, 2.24) is 10.2 Å². The summed E-state index contributed by atoms with van der Waals surface area (Å²) >= 11 is 6.06. The molecule has 1 unspecified atom stereocenters. The Morgan fingerprint density at radius 3 is 2.54 bits per heavy atom. The van der Waals surface area contributed by atoms with E-state index in [1.807, 2.05) is 26.0 Å². The third-order valence-corrected chi connectivity index (χ3v) is 5.15. The lowest BCUT2D eigenvalue weighted by Crippen LogP contribution is -2.42. The minimum atomic E-state index is -1.48. The highest BCUT2D eigenvalue weighted by Gasteiger charge is 2.50. The van der Waals surface area contributed by atoms with Gasteiger partial charge in [-0.1, -0.05) is 23.7 Å². The maximum absolute atomic E-state index is 13.3. The van der Waals surface area contributed by atoms with Crippen molar-refractivity contribution >= 4 is 35.1 Å². The first-order valence-corrected chi connectivity index (χ1v) is 8.96. The van der Waals surface area contributed by atoms with E-state index in [1.54, 1.807) is 6.07 Å². The molecule has 1 saturated heterocycles. The van der Waals surface area contributed by atoms with E-state index < -0.39 is 35.7 Å². The van der Waals surface area contributed by atoms with Crippen LogP contribution in [0.2, 0.25) is 5.02 Å². The molecule has 4 amide bonds. The number of benzene rings is 2. The van der Waals surface area contributed by atoms with Gasteiger partial charge in [-0.05, 0) is 56.2 Å². The Bertz CT molecular complexity index is 995. The average Bonchev–Trinajstić information content (AvgIpc) is 2.82. The van der Waals surface area contributed by atoms with Gasteiger partial charge < -0.3 is 10.6 Å². The normalized spacial score (nSPS) is 19.0. The zero-order chi connectivity index (χ0) is 20.6. The second-order valence-electron chi connectivity index (χ2n) is 6.92. The minimum Gasteiger partial charge on any atom is -0.325 e. The fraction of sp³-hybridized carbons (Fsp3) is 0.250. The Morgan fingerprint density at radius 2 is 1.89 bits per heavy atom. The molecule has 6 nitrogen and oxygen atoms in total. The van der Waals surface area contributed by atoms with Crippen LogP contribution in [0.1, 0.15) is 23.6 Å². The monoisotopic (exact) mass is 403 g/mol. The molecular weight excluding hydrogens is 385 g/mol. The summed E-state index contributed by atoms with van der Waals surface area (Å²) in [6.07, 6.45) is 0. The smallest absolute Gasteiger partial charge is 0.325 e. The van der Waals surface area contributed by atoms with Crippen molar-refractivity contribution in [3.8, 4) is 0 Å². The molecule has 2 aromatic carbocycles. The predicted molar refractivity (Wildman–Crippen MR) is 104 cm³/mol. The number of aryl methyl sites for hydroxylation is 2. The Balaban J connectivity index is 1.78. The number of rotatable bonds is 4. The topological polar surface area (TPSA) is 78.5 Å². The van der Waals surface area contributed by atoms with Gasteiger partial charge in [-0.2, -0.15) is 0 Å². The zero-order valence-electron chi connectivity index (χ0n) is 15.6. The van der Waals surface area contributed by atoms with Crippen LogP contribution in [-0.4, -0.2) is 29.3 Å². The molecule has 0 radical (unpaired) electrons. The Morgan fingerprint density at radius 1 is 1.18 bits per heavy atom. The van der Waals surface area contributed by atoms with Crippen LogP contribution in [0.25, 0.3) is 0 Å². The van der Waals surface area contributed by atoms with E-state index in [4.69, 9.17) is 11.6 Å². The molecule has 2 N–H and O–H groups in total. The largest absolute Gasteiger partial charge is 0.325 e. The number of carbonyl (C=O) groups excluding carboxylic acids is 3. The third-order valence-electron chi connectivity index (χ3n) is 4.84. The van der Waals surface area contributed by atoms with E-state index in [9.17, 15) is 18.8 Å². The number of hydrogen-bond donors (Lipinski definition) is 2. The lowest BCUT2D eigenvalue weighted by molar-refractivity contribution is -0.133. The van der Waals surface area contributed by atoms with E-state index in [0.29, 0.717) is 5.69 Å². The molecule has 0 aromatic heterocycles. The molecule has 1 heterocycles. The van der Waals surface area contributed by atoms with Crippen molar-refractivity contribution in [1.29, 1.82) is 0 Å². The van der Waals surface area contributed by atoms with Crippen LogP contribution in [0.3, 0.4) is 0 Å². The molecule has 0 aliphatic carbocycles. The number of carbonyl (C=O) groups is 3. The van der Waals surface area contributed by atoms with Gasteiger partial charge in [0.25, 0.3) is 5.91 Å². The summed E-state index contributed by atoms with van der Waals surface area (Å²) in [5.74, 6) is -1.71. The fourth-order valence-electron chi connectivity index (χ4n) is 3.08. The second kappa shape index (κ2) is 7.24. The van der Waals surface area contributed by atoms with Crippen LogP contribution >= 0.6 is 11.6 Å². The van der Waals surface area contributed by atoms with E-state index >= 15 is 0 Å². The molecule has 1 atom stereocenters.